The van der Waals surface area contributed by atoms with Crippen LogP contribution in [-0.4, -0.2) is 13.4 Å². The fourth-order valence-corrected chi connectivity index (χ4v) is 5.32. The van der Waals surface area contributed by atoms with E-state index in [1.54, 1.807) is 19.1 Å². The van der Waals surface area contributed by atoms with E-state index in [1.165, 1.54) is 11.3 Å². The van der Waals surface area contributed by atoms with E-state index >= 15 is 0 Å². The third-order valence-electron chi connectivity index (χ3n) is 4.04. The van der Waals surface area contributed by atoms with Gasteiger partial charge in [0.05, 0.1) is 15.6 Å². The van der Waals surface area contributed by atoms with Crippen LogP contribution in [0.3, 0.4) is 0 Å². The van der Waals surface area contributed by atoms with Crippen LogP contribution in [0.5, 0.6) is 0 Å². The van der Waals surface area contributed by atoms with E-state index < -0.39 is 10.0 Å². The monoisotopic (exact) mass is 406 g/mol. The van der Waals surface area contributed by atoms with Crippen LogP contribution in [0, 0.1) is 20.8 Å². The number of aromatic nitrogens is 1. The summed E-state index contributed by atoms with van der Waals surface area (Å²) < 4.78 is 27.9. The number of rotatable bonds is 5. The van der Waals surface area contributed by atoms with Crippen LogP contribution in [0.4, 0.5) is 0 Å². The molecule has 136 valence electrons. The van der Waals surface area contributed by atoms with Gasteiger partial charge >= 0.3 is 0 Å². The molecule has 0 bridgehead atoms. The summed E-state index contributed by atoms with van der Waals surface area (Å²) in [5.74, 6) is 0. The lowest BCUT2D eigenvalue weighted by atomic mass is 10.2. The summed E-state index contributed by atoms with van der Waals surface area (Å²) in [6.07, 6.45) is 0. The molecule has 0 radical (unpaired) electrons. The predicted octanol–water partition coefficient (Wildman–Crippen LogP) is 4.87. The maximum Gasteiger partial charge on any atom is 0.241 e. The summed E-state index contributed by atoms with van der Waals surface area (Å²) in [5, 5.41) is 1.41. The van der Waals surface area contributed by atoms with Crippen molar-refractivity contribution in [3.8, 4) is 10.6 Å². The number of nitrogens with zero attached hydrogens (tertiary/aromatic N) is 1. The molecule has 0 atom stereocenters. The van der Waals surface area contributed by atoms with Crippen LogP contribution in [-0.2, 0) is 16.6 Å². The molecular weight excluding hydrogens is 388 g/mol. The number of nitrogens with one attached hydrogen (secondary N) is 1. The minimum Gasteiger partial charge on any atom is -0.241 e. The van der Waals surface area contributed by atoms with Crippen molar-refractivity contribution in [2.24, 2.45) is 0 Å². The molecule has 2 aromatic carbocycles. The molecule has 0 saturated carbocycles. The van der Waals surface area contributed by atoms with Crippen LogP contribution in [0.15, 0.2) is 47.4 Å². The first-order chi connectivity index (χ1) is 12.3. The maximum atomic E-state index is 12.6. The minimum absolute atomic E-state index is 0.198. The van der Waals surface area contributed by atoms with E-state index in [1.807, 2.05) is 44.2 Å². The Bertz CT molecular complexity index is 1060. The van der Waals surface area contributed by atoms with Gasteiger partial charge in [0.2, 0.25) is 10.0 Å². The Labute approximate surface area is 162 Å². The highest BCUT2D eigenvalue weighted by atomic mass is 35.5. The van der Waals surface area contributed by atoms with Gasteiger partial charge in [-0.15, -0.1) is 11.3 Å². The molecule has 1 N–H and O–H groups in total. The smallest absolute Gasteiger partial charge is 0.241 e. The summed E-state index contributed by atoms with van der Waals surface area (Å²) in [4.78, 5) is 5.71. The fourth-order valence-electron chi connectivity index (χ4n) is 2.68. The summed E-state index contributed by atoms with van der Waals surface area (Å²) in [5.41, 5.74) is 3.42. The van der Waals surface area contributed by atoms with Gasteiger partial charge in [-0.3, -0.25) is 0 Å². The molecule has 26 heavy (non-hydrogen) atoms. The van der Waals surface area contributed by atoms with Crippen molar-refractivity contribution in [3.05, 3.63) is 69.2 Å². The number of halogens is 1. The number of hydrogen-bond donors (Lipinski definition) is 1. The van der Waals surface area contributed by atoms with Gasteiger partial charge in [-0.2, -0.15) is 0 Å². The van der Waals surface area contributed by atoms with E-state index in [-0.39, 0.29) is 6.54 Å². The molecule has 3 rings (SSSR count). The van der Waals surface area contributed by atoms with Gasteiger partial charge < -0.3 is 0 Å². The van der Waals surface area contributed by atoms with Crippen molar-refractivity contribution in [1.29, 1.82) is 0 Å². The van der Waals surface area contributed by atoms with Gasteiger partial charge in [-0.25, -0.2) is 18.1 Å². The number of hydrogen-bond acceptors (Lipinski definition) is 4. The van der Waals surface area contributed by atoms with Gasteiger partial charge in [0.1, 0.15) is 5.01 Å². The molecule has 7 heteroatoms. The molecule has 0 amide bonds. The van der Waals surface area contributed by atoms with Gasteiger partial charge in [0.15, 0.2) is 0 Å². The van der Waals surface area contributed by atoms with Gasteiger partial charge in [0, 0.05) is 17.0 Å². The summed E-state index contributed by atoms with van der Waals surface area (Å²) in [6.45, 7) is 5.81. The number of benzene rings is 2. The van der Waals surface area contributed by atoms with E-state index in [0.717, 1.165) is 32.3 Å². The van der Waals surface area contributed by atoms with Gasteiger partial charge in [-0.1, -0.05) is 47.5 Å². The van der Waals surface area contributed by atoms with E-state index in [4.69, 9.17) is 11.6 Å². The molecule has 0 aliphatic carbocycles. The van der Waals surface area contributed by atoms with Crippen molar-refractivity contribution >= 4 is 33.0 Å². The quantitative estimate of drug-likeness (QED) is 0.657. The van der Waals surface area contributed by atoms with Crippen LogP contribution in [0.2, 0.25) is 5.02 Å². The van der Waals surface area contributed by atoms with Crippen molar-refractivity contribution < 1.29 is 8.42 Å². The highest BCUT2D eigenvalue weighted by Crippen LogP contribution is 2.32. The molecule has 3 aromatic rings. The van der Waals surface area contributed by atoms with Crippen LogP contribution in [0.25, 0.3) is 10.6 Å². The average Bonchev–Trinajstić information content (AvgIpc) is 2.94. The minimum atomic E-state index is -3.58. The van der Waals surface area contributed by atoms with E-state index in [9.17, 15) is 8.42 Å². The van der Waals surface area contributed by atoms with Crippen LogP contribution in [0.1, 0.15) is 21.7 Å². The van der Waals surface area contributed by atoms with E-state index in [0.29, 0.717) is 9.92 Å². The van der Waals surface area contributed by atoms with Crippen molar-refractivity contribution in [2.75, 3.05) is 0 Å². The Morgan fingerprint density at radius 2 is 1.85 bits per heavy atom. The first-order valence-electron chi connectivity index (χ1n) is 8.06. The molecule has 0 saturated heterocycles. The SMILES string of the molecule is Cc1ccc(S(=O)(=O)NCc2sc(-c3ccccc3Cl)nc2C)c(C)c1. The van der Waals surface area contributed by atoms with Crippen molar-refractivity contribution in [1.82, 2.24) is 9.71 Å². The lowest BCUT2D eigenvalue weighted by Gasteiger charge is -2.09. The molecular formula is C19H19ClN2O2S2. The molecule has 1 aromatic heterocycles. The number of aryl methyl sites for hydroxylation is 3. The largest absolute Gasteiger partial charge is 0.241 e. The molecule has 4 nitrogen and oxygen atoms in total. The third-order valence-corrected chi connectivity index (χ3v) is 7.12. The Hall–Kier alpha value is -1.73. The number of thiazole rings is 1. The van der Waals surface area contributed by atoms with Crippen LogP contribution >= 0.6 is 22.9 Å². The fraction of sp³-hybridized carbons (Fsp3) is 0.211. The maximum absolute atomic E-state index is 12.6. The lowest BCUT2D eigenvalue weighted by molar-refractivity contribution is 0.581. The van der Waals surface area contributed by atoms with E-state index in [2.05, 4.69) is 9.71 Å². The lowest BCUT2D eigenvalue weighted by Crippen LogP contribution is -2.24. The Morgan fingerprint density at radius 3 is 2.54 bits per heavy atom. The van der Waals surface area contributed by atoms with Gasteiger partial charge in [0.25, 0.3) is 0 Å². The zero-order valence-electron chi connectivity index (χ0n) is 14.7. The van der Waals surface area contributed by atoms with Crippen molar-refractivity contribution in [3.63, 3.8) is 0 Å². The Kier molecular flexibility index (Phi) is 5.48. The first kappa shape index (κ1) is 19.0. The zero-order valence-corrected chi connectivity index (χ0v) is 17.1. The molecule has 0 spiro atoms. The molecule has 0 unspecified atom stereocenters. The highest BCUT2D eigenvalue weighted by molar-refractivity contribution is 7.89. The Balaban J connectivity index is 1.83. The normalized spacial score (nSPS) is 11.7. The first-order valence-corrected chi connectivity index (χ1v) is 10.7. The third kappa shape index (κ3) is 3.99. The van der Waals surface area contributed by atoms with Crippen LogP contribution < -0.4 is 4.72 Å². The molecule has 0 fully saturated rings. The second-order valence-electron chi connectivity index (χ2n) is 6.10. The summed E-state index contributed by atoms with van der Waals surface area (Å²) in [7, 11) is -3.58. The summed E-state index contributed by atoms with van der Waals surface area (Å²) in [6, 6.07) is 12.8. The standard InChI is InChI=1S/C19H19ClN2O2S2/c1-12-8-9-18(13(2)10-12)26(23,24)21-11-17-14(3)22-19(25-17)15-6-4-5-7-16(15)20/h4-10,21H,11H2,1-3H3. The second-order valence-corrected chi connectivity index (χ2v) is 9.33. The van der Waals surface area contributed by atoms with Gasteiger partial charge in [-0.05, 0) is 38.5 Å². The highest BCUT2D eigenvalue weighted by Gasteiger charge is 2.18. The summed E-state index contributed by atoms with van der Waals surface area (Å²) >= 11 is 7.68. The predicted molar refractivity (Wildman–Crippen MR) is 107 cm³/mol. The average molecular weight is 407 g/mol. The van der Waals surface area contributed by atoms with Crippen molar-refractivity contribution in [2.45, 2.75) is 32.2 Å². The molecule has 1 heterocycles. The second kappa shape index (κ2) is 7.48. The topological polar surface area (TPSA) is 59.1 Å². The molecule has 0 aliphatic heterocycles. The Morgan fingerprint density at radius 1 is 1.12 bits per heavy atom. The number of sulfonamides is 1. The molecule has 0 aliphatic rings. The zero-order chi connectivity index (χ0) is 18.9.